The van der Waals surface area contributed by atoms with Crippen LogP contribution in [0.1, 0.15) is 11.4 Å². The average Bonchev–Trinajstić information content (AvgIpc) is 2.62. The second-order valence-electron chi connectivity index (χ2n) is 3.98. The van der Waals surface area contributed by atoms with E-state index in [1.54, 1.807) is 25.3 Å². The number of likely N-dealkylation sites (N-methyl/N-ethyl adjacent to an activating group) is 1. The normalized spacial score (nSPS) is 14.8. The van der Waals surface area contributed by atoms with Crippen LogP contribution in [0.25, 0.3) is 0 Å². The second kappa shape index (κ2) is 4.02. The Morgan fingerprint density at radius 2 is 2.47 bits per heavy atom. The van der Waals surface area contributed by atoms with Crippen LogP contribution in [0.2, 0.25) is 0 Å². The molecule has 1 aromatic rings. The highest BCUT2D eigenvalue weighted by Gasteiger charge is 2.16. The zero-order valence-corrected chi connectivity index (χ0v) is 9.16. The molecule has 0 aliphatic carbocycles. The summed E-state index contributed by atoms with van der Waals surface area (Å²) in [7, 11) is 3.54. The van der Waals surface area contributed by atoms with Crippen molar-refractivity contribution in [3.8, 4) is 0 Å². The molecule has 1 aromatic heterocycles. The SMILES string of the molecule is CN(C)C(=O)Cn1cnc2c1CCNC2. The van der Waals surface area contributed by atoms with Gasteiger partial charge in [0.05, 0.1) is 12.0 Å². The van der Waals surface area contributed by atoms with Crippen molar-refractivity contribution in [2.75, 3.05) is 20.6 Å². The quantitative estimate of drug-likeness (QED) is 0.720. The molecule has 0 unspecified atom stereocenters. The molecule has 0 atom stereocenters. The number of amides is 1. The van der Waals surface area contributed by atoms with Gasteiger partial charge in [0.2, 0.25) is 5.91 Å². The molecule has 0 spiro atoms. The Labute approximate surface area is 89.1 Å². The van der Waals surface area contributed by atoms with Crippen LogP contribution in [-0.2, 0) is 24.3 Å². The first-order valence-corrected chi connectivity index (χ1v) is 5.12. The zero-order chi connectivity index (χ0) is 10.8. The van der Waals surface area contributed by atoms with E-state index in [4.69, 9.17) is 0 Å². The Kier molecular flexibility index (Phi) is 2.73. The van der Waals surface area contributed by atoms with Crippen LogP contribution >= 0.6 is 0 Å². The lowest BCUT2D eigenvalue weighted by atomic mass is 10.2. The molecule has 0 saturated carbocycles. The van der Waals surface area contributed by atoms with Gasteiger partial charge in [-0.25, -0.2) is 4.98 Å². The van der Waals surface area contributed by atoms with E-state index in [0.29, 0.717) is 6.54 Å². The molecule has 5 nitrogen and oxygen atoms in total. The topological polar surface area (TPSA) is 50.2 Å². The fourth-order valence-corrected chi connectivity index (χ4v) is 1.72. The third kappa shape index (κ3) is 2.02. The van der Waals surface area contributed by atoms with Crippen molar-refractivity contribution in [2.24, 2.45) is 0 Å². The van der Waals surface area contributed by atoms with E-state index in [9.17, 15) is 4.79 Å². The van der Waals surface area contributed by atoms with Gasteiger partial charge >= 0.3 is 0 Å². The van der Waals surface area contributed by atoms with Gasteiger partial charge in [0.15, 0.2) is 0 Å². The minimum Gasteiger partial charge on any atom is -0.347 e. The summed E-state index contributed by atoms with van der Waals surface area (Å²) in [6.07, 6.45) is 2.72. The first kappa shape index (κ1) is 10.2. The Bertz CT molecular complexity index is 369. The molecule has 1 N–H and O–H groups in total. The number of rotatable bonds is 2. The van der Waals surface area contributed by atoms with E-state index in [0.717, 1.165) is 25.2 Å². The molecular formula is C10H16N4O. The van der Waals surface area contributed by atoms with Crippen LogP contribution in [0.3, 0.4) is 0 Å². The number of carbonyl (C=O) groups is 1. The van der Waals surface area contributed by atoms with Crippen molar-refractivity contribution in [1.29, 1.82) is 0 Å². The number of nitrogens with one attached hydrogen (secondary N) is 1. The summed E-state index contributed by atoms with van der Waals surface area (Å²) in [4.78, 5) is 17.5. The molecule has 0 bridgehead atoms. The lowest BCUT2D eigenvalue weighted by Crippen LogP contribution is -2.29. The van der Waals surface area contributed by atoms with Crippen molar-refractivity contribution >= 4 is 5.91 Å². The summed E-state index contributed by atoms with van der Waals surface area (Å²) >= 11 is 0. The van der Waals surface area contributed by atoms with Gasteiger partial charge in [-0.3, -0.25) is 4.79 Å². The molecule has 1 aliphatic rings. The minimum absolute atomic E-state index is 0.105. The van der Waals surface area contributed by atoms with Crippen molar-refractivity contribution in [3.63, 3.8) is 0 Å². The lowest BCUT2D eigenvalue weighted by molar-refractivity contribution is -0.129. The largest absolute Gasteiger partial charge is 0.347 e. The van der Waals surface area contributed by atoms with E-state index in [1.165, 1.54) is 5.69 Å². The van der Waals surface area contributed by atoms with Gasteiger partial charge in [-0.2, -0.15) is 0 Å². The molecule has 0 radical (unpaired) electrons. The average molecular weight is 208 g/mol. The Hall–Kier alpha value is -1.36. The van der Waals surface area contributed by atoms with Gasteiger partial charge in [0.25, 0.3) is 0 Å². The van der Waals surface area contributed by atoms with Crippen LogP contribution in [0.15, 0.2) is 6.33 Å². The molecule has 5 heteroatoms. The van der Waals surface area contributed by atoms with Gasteiger partial charge in [-0.15, -0.1) is 0 Å². The minimum atomic E-state index is 0.105. The van der Waals surface area contributed by atoms with E-state index >= 15 is 0 Å². The maximum absolute atomic E-state index is 11.6. The summed E-state index contributed by atoms with van der Waals surface area (Å²) in [6, 6.07) is 0. The van der Waals surface area contributed by atoms with Gasteiger partial charge < -0.3 is 14.8 Å². The lowest BCUT2D eigenvalue weighted by Gasteiger charge is -2.16. The maximum atomic E-state index is 11.6. The number of hydrogen-bond donors (Lipinski definition) is 1. The first-order valence-electron chi connectivity index (χ1n) is 5.12. The molecule has 0 saturated heterocycles. The summed E-state index contributed by atoms with van der Waals surface area (Å²) in [5.74, 6) is 0.105. The monoisotopic (exact) mass is 208 g/mol. The van der Waals surface area contributed by atoms with Crippen molar-refractivity contribution < 1.29 is 4.79 Å². The number of imidazole rings is 1. The highest BCUT2D eigenvalue weighted by molar-refractivity contribution is 5.75. The number of fused-ring (bicyclic) bond motifs is 1. The highest BCUT2D eigenvalue weighted by atomic mass is 16.2. The fraction of sp³-hybridized carbons (Fsp3) is 0.600. The van der Waals surface area contributed by atoms with Crippen LogP contribution in [-0.4, -0.2) is 41.0 Å². The number of nitrogens with zero attached hydrogens (tertiary/aromatic N) is 3. The van der Waals surface area contributed by atoms with E-state index < -0.39 is 0 Å². The van der Waals surface area contributed by atoms with Crippen molar-refractivity contribution in [2.45, 2.75) is 19.5 Å². The molecule has 2 rings (SSSR count). The van der Waals surface area contributed by atoms with Gasteiger partial charge in [-0.05, 0) is 0 Å². The van der Waals surface area contributed by atoms with Gasteiger partial charge in [-0.1, -0.05) is 0 Å². The van der Waals surface area contributed by atoms with Gasteiger partial charge in [0.1, 0.15) is 6.54 Å². The molecule has 15 heavy (non-hydrogen) atoms. The fourth-order valence-electron chi connectivity index (χ4n) is 1.72. The second-order valence-corrected chi connectivity index (χ2v) is 3.98. The highest BCUT2D eigenvalue weighted by Crippen LogP contribution is 2.12. The molecule has 1 aliphatic heterocycles. The van der Waals surface area contributed by atoms with Crippen LogP contribution < -0.4 is 5.32 Å². The molecule has 2 heterocycles. The van der Waals surface area contributed by atoms with Gasteiger partial charge in [0, 0.05) is 39.3 Å². The maximum Gasteiger partial charge on any atom is 0.242 e. The molecular weight excluding hydrogens is 192 g/mol. The van der Waals surface area contributed by atoms with Crippen molar-refractivity contribution in [1.82, 2.24) is 19.8 Å². The summed E-state index contributed by atoms with van der Waals surface area (Å²) < 4.78 is 1.96. The number of hydrogen-bond acceptors (Lipinski definition) is 3. The smallest absolute Gasteiger partial charge is 0.242 e. The van der Waals surface area contributed by atoms with E-state index in [2.05, 4.69) is 10.3 Å². The van der Waals surface area contributed by atoms with Crippen LogP contribution in [0.4, 0.5) is 0 Å². The summed E-state index contributed by atoms with van der Waals surface area (Å²) in [5, 5.41) is 3.26. The van der Waals surface area contributed by atoms with Crippen LogP contribution in [0.5, 0.6) is 0 Å². The molecule has 1 amide bonds. The molecule has 0 aromatic carbocycles. The summed E-state index contributed by atoms with van der Waals surface area (Å²) in [6.45, 7) is 2.18. The number of carbonyl (C=O) groups excluding carboxylic acids is 1. The third-order valence-electron chi connectivity index (χ3n) is 2.67. The predicted octanol–water partition coefficient (Wildman–Crippen LogP) is -0.383. The van der Waals surface area contributed by atoms with E-state index in [1.807, 2.05) is 4.57 Å². The predicted molar refractivity (Wildman–Crippen MR) is 56.3 cm³/mol. The zero-order valence-electron chi connectivity index (χ0n) is 9.16. The first-order chi connectivity index (χ1) is 7.18. The standard InChI is InChI=1S/C10H16N4O/c1-13(2)10(15)6-14-7-12-8-5-11-4-3-9(8)14/h7,11H,3-6H2,1-2H3. The third-order valence-corrected chi connectivity index (χ3v) is 2.67. The van der Waals surface area contributed by atoms with Crippen molar-refractivity contribution in [3.05, 3.63) is 17.7 Å². The number of aromatic nitrogens is 2. The molecule has 82 valence electrons. The Morgan fingerprint density at radius 1 is 1.67 bits per heavy atom. The Morgan fingerprint density at radius 3 is 3.20 bits per heavy atom. The Balaban J connectivity index is 2.15. The van der Waals surface area contributed by atoms with Crippen LogP contribution in [0, 0.1) is 0 Å². The summed E-state index contributed by atoms with van der Waals surface area (Å²) in [5.41, 5.74) is 2.27. The molecule has 0 fully saturated rings. The van der Waals surface area contributed by atoms with E-state index in [-0.39, 0.29) is 5.91 Å².